The Hall–Kier alpha value is -1.02. The van der Waals surface area contributed by atoms with Crippen LogP contribution in [0.4, 0.5) is 5.69 Å². The van der Waals surface area contributed by atoms with E-state index in [9.17, 15) is 0 Å². The van der Waals surface area contributed by atoms with Crippen LogP contribution >= 0.6 is 11.6 Å². The molecule has 0 aliphatic carbocycles. The van der Waals surface area contributed by atoms with E-state index in [-0.39, 0.29) is 5.88 Å². The number of nitrogens with two attached hydrogens (primary N) is 1. The topological polar surface area (TPSA) is 38.4 Å². The minimum Gasteiger partial charge on any atom is -0.386 e. The van der Waals surface area contributed by atoms with Crippen molar-refractivity contribution in [2.24, 2.45) is 10.7 Å². The number of rotatable bonds is 3. The largest absolute Gasteiger partial charge is 0.386 e. The molecule has 0 unspecified atom stereocenters. The van der Waals surface area contributed by atoms with E-state index in [4.69, 9.17) is 17.3 Å². The van der Waals surface area contributed by atoms with Gasteiger partial charge in [-0.05, 0) is 23.6 Å². The van der Waals surface area contributed by atoms with Crippen molar-refractivity contribution in [1.82, 2.24) is 0 Å². The van der Waals surface area contributed by atoms with Gasteiger partial charge >= 0.3 is 0 Å². The number of hydrogen-bond acceptors (Lipinski definition) is 1. The van der Waals surface area contributed by atoms with Crippen LogP contribution in [0.2, 0.25) is 0 Å². The first kappa shape index (κ1) is 11.1. The molecule has 0 saturated carbocycles. The Kier molecular flexibility index (Phi) is 3.96. The number of aliphatic imine (C=N–C) groups is 1. The molecule has 1 aromatic carbocycles. The molecule has 0 bridgehead atoms. The third-order valence-corrected chi connectivity index (χ3v) is 2.24. The molecule has 0 fully saturated rings. The number of alkyl halides is 1. The lowest BCUT2D eigenvalue weighted by atomic mass is 10.0. The van der Waals surface area contributed by atoms with E-state index in [0.717, 1.165) is 5.69 Å². The summed E-state index contributed by atoms with van der Waals surface area (Å²) in [6.45, 7) is 4.32. The summed E-state index contributed by atoms with van der Waals surface area (Å²) in [5.74, 6) is 1.26. The van der Waals surface area contributed by atoms with Gasteiger partial charge in [-0.15, -0.1) is 11.6 Å². The molecule has 1 rings (SSSR count). The molecule has 0 amide bonds. The standard InChI is InChI=1S/C11H15ClN2/c1-8(2)9-3-5-10(6-4-9)14-11(13)7-12/h3-6,8H,7H2,1-2H3,(H2,13,14). The van der Waals surface area contributed by atoms with Crippen molar-refractivity contribution in [2.45, 2.75) is 19.8 Å². The quantitative estimate of drug-likeness (QED) is 0.465. The van der Waals surface area contributed by atoms with Crippen LogP contribution in [0.15, 0.2) is 29.3 Å². The van der Waals surface area contributed by atoms with Gasteiger partial charge in [-0.1, -0.05) is 26.0 Å². The van der Waals surface area contributed by atoms with Gasteiger partial charge in [0.15, 0.2) is 0 Å². The van der Waals surface area contributed by atoms with Crippen molar-refractivity contribution >= 4 is 23.1 Å². The maximum Gasteiger partial charge on any atom is 0.115 e. The number of amidine groups is 1. The van der Waals surface area contributed by atoms with E-state index in [1.54, 1.807) is 0 Å². The van der Waals surface area contributed by atoms with Crippen molar-refractivity contribution in [3.05, 3.63) is 29.8 Å². The Balaban J connectivity index is 2.84. The molecule has 76 valence electrons. The molecule has 0 spiro atoms. The van der Waals surface area contributed by atoms with Gasteiger partial charge in [0.1, 0.15) is 5.84 Å². The predicted molar refractivity (Wildman–Crippen MR) is 62.5 cm³/mol. The fourth-order valence-electron chi connectivity index (χ4n) is 1.13. The van der Waals surface area contributed by atoms with Crippen LogP contribution in [0.25, 0.3) is 0 Å². The van der Waals surface area contributed by atoms with E-state index in [1.807, 2.05) is 12.1 Å². The smallest absolute Gasteiger partial charge is 0.115 e. The van der Waals surface area contributed by atoms with Gasteiger partial charge in [0.05, 0.1) is 11.6 Å². The van der Waals surface area contributed by atoms with Crippen molar-refractivity contribution in [3.8, 4) is 0 Å². The number of hydrogen-bond donors (Lipinski definition) is 1. The third kappa shape index (κ3) is 3.04. The van der Waals surface area contributed by atoms with Gasteiger partial charge < -0.3 is 5.73 Å². The summed E-state index contributed by atoms with van der Waals surface area (Å²) in [5, 5.41) is 0. The molecule has 1 aromatic rings. The molecule has 2 nitrogen and oxygen atoms in total. The number of halogens is 1. The molecule has 0 radical (unpaired) electrons. The van der Waals surface area contributed by atoms with E-state index in [1.165, 1.54) is 5.56 Å². The highest BCUT2D eigenvalue weighted by Crippen LogP contribution is 2.18. The van der Waals surface area contributed by atoms with Crippen molar-refractivity contribution in [3.63, 3.8) is 0 Å². The zero-order valence-corrected chi connectivity index (χ0v) is 9.25. The maximum absolute atomic E-state index is 5.53. The Labute approximate surface area is 89.8 Å². The maximum atomic E-state index is 5.53. The minimum atomic E-state index is 0.270. The predicted octanol–water partition coefficient (Wildman–Crippen LogP) is 3.04. The van der Waals surface area contributed by atoms with Crippen LogP contribution in [-0.4, -0.2) is 11.7 Å². The fraction of sp³-hybridized carbons (Fsp3) is 0.364. The summed E-state index contributed by atoms with van der Waals surface area (Å²) in [4.78, 5) is 4.14. The molecule has 3 heteroatoms. The third-order valence-electron chi connectivity index (χ3n) is 1.97. The molecule has 14 heavy (non-hydrogen) atoms. The van der Waals surface area contributed by atoms with Gasteiger partial charge in [0.25, 0.3) is 0 Å². The zero-order chi connectivity index (χ0) is 10.6. The minimum absolute atomic E-state index is 0.270. The molecular formula is C11H15ClN2. The van der Waals surface area contributed by atoms with Crippen LogP contribution in [0.5, 0.6) is 0 Å². The second-order valence-electron chi connectivity index (χ2n) is 3.48. The van der Waals surface area contributed by atoms with Gasteiger partial charge in [0.2, 0.25) is 0 Å². The first-order chi connectivity index (χ1) is 6.63. The molecule has 0 saturated heterocycles. The van der Waals surface area contributed by atoms with E-state index in [2.05, 4.69) is 31.0 Å². The van der Waals surface area contributed by atoms with Gasteiger partial charge in [-0.25, -0.2) is 4.99 Å². The molecule has 0 atom stereocenters. The fourth-order valence-corrected chi connectivity index (χ4v) is 1.19. The van der Waals surface area contributed by atoms with Crippen LogP contribution in [0.1, 0.15) is 25.3 Å². The zero-order valence-electron chi connectivity index (χ0n) is 8.50. The molecule has 0 heterocycles. The summed E-state index contributed by atoms with van der Waals surface area (Å²) in [7, 11) is 0. The van der Waals surface area contributed by atoms with Crippen LogP contribution in [0, 0.1) is 0 Å². The monoisotopic (exact) mass is 210 g/mol. The van der Waals surface area contributed by atoms with Crippen molar-refractivity contribution in [2.75, 3.05) is 5.88 Å². The Morgan fingerprint density at radius 2 is 1.93 bits per heavy atom. The lowest BCUT2D eigenvalue weighted by Gasteiger charge is -2.04. The average Bonchev–Trinajstić information content (AvgIpc) is 2.18. The first-order valence-electron chi connectivity index (χ1n) is 4.62. The van der Waals surface area contributed by atoms with Crippen LogP contribution in [0.3, 0.4) is 0 Å². The Bertz CT molecular complexity index is 315. The summed E-state index contributed by atoms with van der Waals surface area (Å²) in [6, 6.07) is 8.03. The molecule has 0 aliphatic rings. The lowest BCUT2D eigenvalue weighted by molar-refractivity contribution is 0.867. The van der Waals surface area contributed by atoms with Crippen molar-refractivity contribution < 1.29 is 0 Å². The van der Waals surface area contributed by atoms with E-state index >= 15 is 0 Å². The summed E-state index contributed by atoms with van der Waals surface area (Å²) in [6.07, 6.45) is 0. The molecule has 2 N–H and O–H groups in total. The SMILES string of the molecule is CC(C)c1ccc(N=C(N)CCl)cc1. The average molecular weight is 211 g/mol. The van der Waals surface area contributed by atoms with Crippen LogP contribution < -0.4 is 5.73 Å². The highest BCUT2D eigenvalue weighted by molar-refractivity contribution is 6.28. The second kappa shape index (κ2) is 5.01. The second-order valence-corrected chi connectivity index (χ2v) is 3.75. The van der Waals surface area contributed by atoms with Gasteiger partial charge in [-0.3, -0.25) is 0 Å². The Morgan fingerprint density at radius 1 is 1.36 bits per heavy atom. The number of benzene rings is 1. The normalized spacial score (nSPS) is 12.1. The molecule has 0 aliphatic heterocycles. The summed E-state index contributed by atoms with van der Waals surface area (Å²) >= 11 is 5.53. The van der Waals surface area contributed by atoms with Gasteiger partial charge in [0, 0.05) is 0 Å². The van der Waals surface area contributed by atoms with Crippen LogP contribution in [-0.2, 0) is 0 Å². The highest BCUT2D eigenvalue weighted by Gasteiger charge is 1.98. The molecule has 0 aromatic heterocycles. The highest BCUT2D eigenvalue weighted by atomic mass is 35.5. The first-order valence-corrected chi connectivity index (χ1v) is 5.16. The Morgan fingerprint density at radius 3 is 2.36 bits per heavy atom. The molecular weight excluding hydrogens is 196 g/mol. The lowest BCUT2D eigenvalue weighted by Crippen LogP contribution is -2.12. The van der Waals surface area contributed by atoms with E-state index in [0.29, 0.717) is 11.8 Å². The summed E-state index contributed by atoms with van der Waals surface area (Å²) < 4.78 is 0. The van der Waals surface area contributed by atoms with Crippen molar-refractivity contribution in [1.29, 1.82) is 0 Å². The summed E-state index contributed by atoms with van der Waals surface area (Å²) in [5.41, 5.74) is 7.67. The number of nitrogens with zero attached hydrogens (tertiary/aromatic N) is 1. The van der Waals surface area contributed by atoms with E-state index < -0.39 is 0 Å². The van der Waals surface area contributed by atoms with Gasteiger partial charge in [-0.2, -0.15) is 0 Å².